The zero-order valence-electron chi connectivity index (χ0n) is 12.0. The van der Waals surface area contributed by atoms with Gasteiger partial charge in [-0.3, -0.25) is 4.79 Å². The second-order valence-corrected chi connectivity index (χ2v) is 6.13. The Balaban J connectivity index is 1.85. The van der Waals surface area contributed by atoms with Gasteiger partial charge in [0.15, 0.2) is 0 Å². The van der Waals surface area contributed by atoms with Gasteiger partial charge in [0.05, 0.1) is 5.41 Å². The van der Waals surface area contributed by atoms with E-state index >= 15 is 0 Å². The fourth-order valence-corrected chi connectivity index (χ4v) is 3.04. The van der Waals surface area contributed by atoms with E-state index < -0.39 is 0 Å². The molecule has 2 nitrogen and oxygen atoms in total. The molecule has 1 N–H and O–H groups in total. The van der Waals surface area contributed by atoms with E-state index in [0.29, 0.717) is 5.02 Å². The highest BCUT2D eigenvalue weighted by Crippen LogP contribution is 2.44. The first-order valence-electron chi connectivity index (χ1n) is 7.25. The molecule has 2 aromatic rings. The number of carbonyl (C=O) groups excluding carboxylic acids is 1. The molecule has 108 valence electrons. The van der Waals surface area contributed by atoms with Crippen LogP contribution < -0.4 is 5.32 Å². The second kappa shape index (κ2) is 5.53. The van der Waals surface area contributed by atoms with Crippen LogP contribution in [0.15, 0.2) is 48.5 Å². The third-order valence-electron chi connectivity index (χ3n) is 4.40. The lowest BCUT2D eigenvalue weighted by molar-refractivity contribution is -0.124. The van der Waals surface area contributed by atoms with Crippen LogP contribution in [0, 0.1) is 6.92 Å². The first kappa shape index (κ1) is 14.2. The SMILES string of the molecule is Cc1ccc(NC(=O)C2(c3ccccc3)CCC2)cc1Cl. The minimum Gasteiger partial charge on any atom is -0.325 e. The Morgan fingerprint density at radius 3 is 2.43 bits per heavy atom. The van der Waals surface area contributed by atoms with Crippen LogP contribution in [-0.4, -0.2) is 5.91 Å². The monoisotopic (exact) mass is 299 g/mol. The normalized spacial score (nSPS) is 16.1. The standard InChI is InChI=1S/C18H18ClNO/c1-13-8-9-15(12-16(13)19)20-17(21)18(10-5-11-18)14-6-3-2-4-7-14/h2-4,6-9,12H,5,10-11H2,1H3,(H,20,21). The third kappa shape index (κ3) is 2.56. The minimum absolute atomic E-state index is 0.0693. The number of benzene rings is 2. The summed E-state index contributed by atoms with van der Waals surface area (Å²) in [7, 11) is 0. The van der Waals surface area contributed by atoms with Crippen molar-refractivity contribution >= 4 is 23.2 Å². The number of rotatable bonds is 3. The lowest BCUT2D eigenvalue weighted by Gasteiger charge is -2.40. The summed E-state index contributed by atoms with van der Waals surface area (Å²) in [6, 6.07) is 15.7. The number of hydrogen-bond donors (Lipinski definition) is 1. The molecule has 0 saturated heterocycles. The van der Waals surface area contributed by atoms with Crippen molar-refractivity contribution in [3.05, 3.63) is 64.7 Å². The van der Waals surface area contributed by atoms with Crippen LogP contribution in [0.3, 0.4) is 0 Å². The summed E-state index contributed by atoms with van der Waals surface area (Å²) < 4.78 is 0. The van der Waals surface area contributed by atoms with Crippen LogP contribution in [0.1, 0.15) is 30.4 Å². The highest BCUT2D eigenvalue weighted by atomic mass is 35.5. The summed E-state index contributed by atoms with van der Waals surface area (Å²) in [5, 5.41) is 3.70. The number of hydrogen-bond acceptors (Lipinski definition) is 1. The molecule has 0 aliphatic heterocycles. The van der Waals surface area contributed by atoms with Gasteiger partial charge in [-0.2, -0.15) is 0 Å². The van der Waals surface area contributed by atoms with Gasteiger partial charge < -0.3 is 5.32 Å². The predicted octanol–water partition coefficient (Wildman–Crippen LogP) is 4.71. The summed E-state index contributed by atoms with van der Waals surface area (Å²) in [5.74, 6) is 0.0693. The molecule has 3 rings (SSSR count). The lowest BCUT2D eigenvalue weighted by atomic mass is 9.64. The fourth-order valence-electron chi connectivity index (χ4n) is 2.86. The first-order chi connectivity index (χ1) is 10.1. The molecule has 1 saturated carbocycles. The highest BCUT2D eigenvalue weighted by molar-refractivity contribution is 6.31. The molecule has 3 heteroatoms. The van der Waals surface area contributed by atoms with Crippen molar-refractivity contribution in [3.63, 3.8) is 0 Å². The fraction of sp³-hybridized carbons (Fsp3) is 0.278. The number of nitrogens with one attached hydrogen (secondary N) is 1. The molecule has 0 aromatic heterocycles. The summed E-state index contributed by atoms with van der Waals surface area (Å²) in [5.41, 5.74) is 2.50. The van der Waals surface area contributed by atoms with Gasteiger partial charge in [-0.25, -0.2) is 0 Å². The Labute approximate surface area is 130 Å². The molecule has 0 unspecified atom stereocenters. The van der Waals surface area contributed by atoms with Crippen molar-refractivity contribution < 1.29 is 4.79 Å². The topological polar surface area (TPSA) is 29.1 Å². The molecule has 2 aromatic carbocycles. The number of halogens is 1. The van der Waals surface area contributed by atoms with E-state index in [2.05, 4.69) is 5.32 Å². The third-order valence-corrected chi connectivity index (χ3v) is 4.81. The average Bonchev–Trinajstić information content (AvgIpc) is 2.43. The summed E-state index contributed by atoms with van der Waals surface area (Å²) >= 11 is 6.13. The second-order valence-electron chi connectivity index (χ2n) is 5.72. The number of amides is 1. The molecule has 0 spiro atoms. The van der Waals surface area contributed by atoms with Gasteiger partial charge in [0.25, 0.3) is 0 Å². The van der Waals surface area contributed by atoms with E-state index in [1.807, 2.05) is 55.5 Å². The molecule has 1 aliphatic rings. The van der Waals surface area contributed by atoms with Crippen molar-refractivity contribution in [1.82, 2.24) is 0 Å². The lowest BCUT2D eigenvalue weighted by Crippen LogP contribution is -2.45. The first-order valence-corrected chi connectivity index (χ1v) is 7.63. The Morgan fingerprint density at radius 2 is 1.86 bits per heavy atom. The molecular weight excluding hydrogens is 282 g/mol. The van der Waals surface area contributed by atoms with Crippen molar-refractivity contribution in [2.24, 2.45) is 0 Å². The smallest absolute Gasteiger partial charge is 0.235 e. The van der Waals surface area contributed by atoms with Crippen LogP contribution >= 0.6 is 11.6 Å². The molecular formula is C18H18ClNO. The number of carbonyl (C=O) groups is 1. The Hall–Kier alpha value is -1.80. The van der Waals surface area contributed by atoms with E-state index in [-0.39, 0.29) is 11.3 Å². The van der Waals surface area contributed by atoms with Gasteiger partial charge >= 0.3 is 0 Å². The number of aryl methyl sites for hydroxylation is 1. The van der Waals surface area contributed by atoms with Crippen molar-refractivity contribution in [2.45, 2.75) is 31.6 Å². The van der Waals surface area contributed by atoms with E-state index in [0.717, 1.165) is 36.1 Å². The van der Waals surface area contributed by atoms with Crippen LogP contribution in [0.2, 0.25) is 5.02 Å². The highest BCUT2D eigenvalue weighted by Gasteiger charge is 2.45. The Kier molecular flexibility index (Phi) is 3.73. The van der Waals surface area contributed by atoms with Gasteiger partial charge in [-0.05, 0) is 43.0 Å². The van der Waals surface area contributed by atoms with Crippen LogP contribution in [0.4, 0.5) is 5.69 Å². The largest absolute Gasteiger partial charge is 0.325 e. The van der Waals surface area contributed by atoms with E-state index in [9.17, 15) is 4.79 Å². The molecule has 21 heavy (non-hydrogen) atoms. The van der Waals surface area contributed by atoms with Crippen molar-refractivity contribution in [2.75, 3.05) is 5.32 Å². The van der Waals surface area contributed by atoms with E-state index in [1.54, 1.807) is 0 Å². The molecule has 1 amide bonds. The Bertz CT molecular complexity index is 662. The quantitative estimate of drug-likeness (QED) is 0.874. The van der Waals surface area contributed by atoms with E-state index in [1.165, 1.54) is 0 Å². The summed E-state index contributed by atoms with van der Waals surface area (Å²) in [4.78, 5) is 12.8. The van der Waals surface area contributed by atoms with Gasteiger partial charge in [0, 0.05) is 10.7 Å². The zero-order chi connectivity index (χ0) is 14.9. The number of anilines is 1. The van der Waals surface area contributed by atoms with Crippen molar-refractivity contribution in [3.8, 4) is 0 Å². The van der Waals surface area contributed by atoms with Crippen LogP contribution in [0.25, 0.3) is 0 Å². The summed E-state index contributed by atoms with van der Waals surface area (Å²) in [6.45, 7) is 1.95. The van der Waals surface area contributed by atoms with Crippen LogP contribution in [0.5, 0.6) is 0 Å². The van der Waals surface area contributed by atoms with Gasteiger partial charge in [-0.1, -0.05) is 54.4 Å². The van der Waals surface area contributed by atoms with Gasteiger partial charge in [-0.15, -0.1) is 0 Å². The average molecular weight is 300 g/mol. The maximum Gasteiger partial charge on any atom is 0.235 e. The van der Waals surface area contributed by atoms with E-state index in [4.69, 9.17) is 11.6 Å². The Morgan fingerprint density at radius 1 is 1.14 bits per heavy atom. The summed E-state index contributed by atoms with van der Waals surface area (Å²) in [6.07, 6.45) is 2.90. The molecule has 0 heterocycles. The zero-order valence-corrected chi connectivity index (χ0v) is 12.8. The van der Waals surface area contributed by atoms with Gasteiger partial charge in [0.1, 0.15) is 0 Å². The minimum atomic E-state index is -0.376. The van der Waals surface area contributed by atoms with Crippen molar-refractivity contribution in [1.29, 1.82) is 0 Å². The maximum absolute atomic E-state index is 12.8. The maximum atomic E-state index is 12.8. The molecule has 0 radical (unpaired) electrons. The predicted molar refractivity (Wildman–Crippen MR) is 86.8 cm³/mol. The molecule has 1 aliphatic carbocycles. The molecule has 0 atom stereocenters. The van der Waals surface area contributed by atoms with Crippen LogP contribution in [-0.2, 0) is 10.2 Å². The molecule has 1 fully saturated rings. The molecule has 0 bridgehead atoms. The van der Waals surface area contributed by atoms with Gasteiger partial charge in [0.2, 0.25) is 5.91 Å².